The first-order chi connectivity index (χ1) is 14.5. The van der Waals surface area contributed by atoms with E-state index in [2.05, 4.69) is 9.97 Å². The molecule has 7 heteroatoms. The van der Waals surface area contributed by atoms with Crippen LogP contribution in [0.1, 0.15) is 38.9 Å². The van der Waals surface area contributed by atoms with E-state index in [1.807, 2.05) is 19.9 Å². The van der Waals surface area contributed by atoms with Gasteiger partial charge >= 0.3 is 0 Å². The summed E-state index contributed by atoms with van der Waals surface area (Å²) >= 11 is 6.06. The van der Waals surface area contributed by atoms with Gasteiger partial charge in [-0.05, 0) is 60.9 Å². The summed E-state index contributed by atoms with van der Waals surface area (Å²) in [5.74, 6) is -0.235. The van der Waals surface area contributed by atoms with Crippen molar-refractivity contribution in [2.45, 2.75) is 19.9 Å². The fraction of sp³-hybridized carbons (Fsp3) is 0.130. The normalized spacial score (nSPS) is 15.6. The third-order valence-corrected chi connectivity index (χ3v) is 5.69. The first kappa shape index (κ1) is 18.5. The molecule has 148 valence electrons. The summed E-state index contributed by atoms with van der Waals surface area (Å²) in [6.07, 6.45) is 3.10. The summed E-state index contributed by atoms with van der Waals surface area (Å²) in [6.45, 7) is 3.87. The number of rotatable bonds is 2. The second-order valence-corrected chi connectivity index (χ2v) is 7.72. The number of nitrogens with zero attached hydrogens (tertiary/aromatic N) is 3. The van der Waals surface area contributed by atoms with Gasteiger partial charge in [0.1, 0.15) is 5.58 Å². The predicted molar refractivity (Wildman–Crippen MR) is 114 cm³/mol. The second-order valence-electron chi connectivity index (χ2n) is 7.28. The minimum absolute atomic E-state index is 0.0168. The van der Waals surface area contributed by atoms with Crippen LogP contribution in [0.3, 0.4) is 0 Å². The van der Waals surface area contributed by atoms with Gasteiger partial charge in [0, 0.05) is 17.4 Å². The molecule has 1 aliphatic heterocycles. The molecule has 6 nitrogen and oxygen atoms in total. The Morgan fingerprint density at radius 2 is 1.67 bits per heavy atom. The zero-order valence-corrected chi connectivity index (χ0v) is 17.0. The molecule has 0 bridgehead atoms. The van der Waals surface area contributed by atoms with Gasteiger partial charge in [0.2, 0.25) is 11.7 Å². The van der Waals surface area contributed by atoms with Crippen LogP contribution in [0.2, 0.25) is 5.02 Å². The van der Waals surface area contributed by atoms with E-state index in [-0.39, 0.29) is 22.7 Å². The van der Waals surface area contributed by atoms with Crippen LogP contribution in [0.5, 0.6) is 0 Å². The Kier molecular flexibility index (Phi) is 4.18. The van der Waals surface area contributed by atoms with Gasteiger partial charge in [-0.1, -0.05) is 23.7 Å². The number of hydrogen-bond donors (Lipinski definition) is 0. The molecule has 2 aromatic carbocycles. The molecule has 0 aliphatic carbocycles. The van der Waals surface area contributed by atoms with Crippen molar-refractivity contribution in [3.63, 3.8) is 0 Å². The number of carbonyl (C=O) groups is 1. The molecule has 2 aromatic heterocycles. The van der Waals surface area contributed by atoms with Crippen LogP contribution in [0, 0.1) is 13.8 Å². The van der Waals surface area contributed by atoms with Crippen LogP contribution in [-0.2, 0) is 0 Å². The molecular formula is C23H16ClN3O3. The van der Waals surface area contributed by atoms with E-state index in [0.29, 0.717) is 16.0 Å². The van der Waals surface area contributed by atoms with Crippen molar-refractivity contribution >= 4 is 34.4 Å². The summed E-state index contributed by atoms with van der Waals surface area (Å²) in [5, 5.41) is 1.00. The minimum atomic E-state index is -0.713. The Morgan fingerprint density at radius 1 is 1.00 bits per heavy atom. The van der Waals surface area contributed by atoms with E-state index in [1.54, 1.807) is 48.8 Å². The molecule has 1 atom stereocenters. The molecule has 0 spiro atoms. The summed E-state index contributed by atoms with van der Waals surface area (Å²) in [7, 11) is 0. The average Bonchev–Trinajstić information content (AvgIpc) is 3.04. The highest BCUT2D eigenvalue weighted by atomic mass is 35.5. The number of aromatic nitrogens is 2. The smallest absolute Gasteiger partial charge is 0.297 e. The third-order valence-electron chi connectivity index (χ3n) is 5.44. The Hall–Kier alpha value is -3.51. The maximum atomic E-state index is 13.6. The van der Waals surface area contributed by atoms with Crippen LogP contribution in [-0.4, -0.2) is 15.9 Å². The standard InChI is InChI=1S/C23H16ClN3O3/c1-12-10-16-17(11-13(12)2)30-21-18(20(16)28)19(14-4-6-15(24)7-5-14)27(22(21)29)23-25-8-3-9-26-23/h3-11,19H,1-2H3. The van der Waals surface area contributed by atoms with E-state index in [1.165, 1.54) is 4.90 Å². The molecule has 0 saturated carbocycles. The van der Waals surface area contributed by atoms with Gasteiger partial charge in [-0.15, -0.1) is 0 Å². The molecule has 5 rings (SSSR count). The summed E-state index contributed by atoms with van der Waals surface area (Å²) in [6, 6.07) is 11.6. The topological polar surface area (TPSA) is 76.3 Å². The number of halogens is 1. The molecule has 1 amide bonds. The Bertz CT molecular complexity index is 1360. The molecule has 1 aliphatic rings. The number of aryl methyl sites for hydroxylation is 2. The van der Waals surface area contributed by atoms with E-state index in [0.717, 1.165) is 16.7 Å². The zero-order valence-electron chi connectivity index (χ0n) is 16.2. The van der Waals surface area contributed by atoms with E-state index in [9.17, 15) is 9.59 Å². The minimum Gasteiger partial charge on any atom is -0.450 e. The SMILES string of the molecule is Cc1cc2oc3c(c(=O)c2cc1C)C(c1ccc(Cl)cc1)N(c1ncccn1)C3=O. The van der Waals surface area contributed by atoms with Crippen molar-refractivity contribution in [2.75, 3.05) is 4.90 Å². The fourth-order valence-electron chi connectivity index (χ4n) is 3.81. The number of anilines is 1. The summed E-state index contributed by atoms with van der Waals surface area (Å²) in [4.78, 5) is 36.8. The maximum Gasteiger partial charge on any atom is 0.297 e. The van der Waals surface area contributed by atoms with E-state index >= 15 is 0 Å². The van der Waals surface area contributed by atoms with E-state index in [4.69, 9.17) is 16.0 Å². The van der Waals surface area contributed by atoms with Gasteiger partial charge in [-0.25, -0.2) is 9.97 Å². The molecule has 4 aromatic rings. The summed E-state index contributed by atoms with van der Waals surface area (Å²) < 4.78 is 5.99. The second kappa shape index (κ2) is 6.78. The van der Waals surface area contributed by atoms with Crippen molar-refractivity contribution in [3.05, 3.63) is 98.1 Å². The molecular weight excluding hydrogens is 402 g/mol. The quantitative estimate of drug-likeness (QED) is 0.476. The van der Waals surface area contributed by atoms with Crippen LogP contribution in [0.15, 0.2) is 64.1 Å². The lowest BCUT2D eigenvalue weighted by Crippen LogP contribution is -2.31. The van der Waals surface area contributed by atoms with Crippen molar-refractivity contribution in [3.8, 4) is 0 Å². The highest BCUT2D eigenvalue weighted by molar-refractivity contribution is 6.30. The number of carbonyl (C=O) groups excluding carboxylic acids is 1. The summed E-state index contributed by atoms with van der Waals surface area (Å²) in [5.41, 5.74) is 3.11. The maximum absolute atomic E-state index is 13.6. The van der Waals surface area contributed by atoms with Gasteiger partial charge in [-0.2, -0.15) is 0 Å². The number of fused-ring (bicyclic) bond motifs is 2. The Labute approximate surface area is 176 Å². The van der Waals surface area contributed by atoms with Crippen LogP contribution >= 0.6 is 11.6 Å². The number of amides is 1. The van der Waals surface area contributed by atoms with Gasteiger partial charge in [0.15, 0.2) is 5.43 Å². The predicted octanol–water partition coefficient (Wildman–Crippen LogP) is 4.60. The van der Waals surface area contributed by atoms with Gasteiger partial charge in [-0.3, -0.25) is 14.5 Å². The molecule has 0 fully saturated rings. The van der Waals surface area contributed by atoms with Crippen LogP contribution < -0.4 is 10.3 Å². The monoisotopic (exact) mass is 417 g/mol. The number of benzene rings is 2. The van der Waals surface area contributed by atoms with Crippen molar-refractivity contribution < 1.29 is 9.21 Å². The zero-order chi connectivity index (χ0) is 21.0. The largest absolute Gasteiger partial charge is 0.450 e. The first-order valence-electron chi connectivity index (χ1n) is 9.39. The molecule has 0 radical (unpaired) electrons. The lowest BCUT2D eigenvalue weighted by molar-refractivity contribution is 0.0969. The Morgan fingerprint density at radius 3 is 2.37 bits per heavy atom. The van der Waals surface area contributed by atoms with Gasteiger partial charge in [0.05, 0.1) is 17.0 Å². The molecule has 0 saturated heterocycles. The van der Waals surface area contributed by atoms with Crippen molar-refractivity contribution in [1.82, 2.24) is 9.97 Å². The highest BCUT2D eigenvalue weighted by Gasteiger charge is 2.44. The third kappa shape index (κ3) is 2.72. The van der Waals surface area contributed by atoms with Crippen molar-refractivity contribution in [1.29, 1.82) is 0 Å². The molecule has 3 heterocycles. The fourth-order valence-corrected chi connectivity index (χ4v) is 3.94. The van der Waals surface area contributed by atoms with Gasteiger partial charge in [0.25, 0.3) is 5.91 Å². The lowest BCUT2D eigenvalue weighted by Gasteiger charge is -2.23. The Balaban J connectivity index is 1.83. The average molecular weight is 418 g/mol. The number of hydrogen-bond acceptors (Lipinski definition) is 5. The molecule has 30 heavy (non-hydrogen) atoms. The highest BCUT2D eigenvalue weighted by Crippen LogP contribution is 2.40. The van der Waals surface area contributed by atoms with Crippen molar-refractivity contribution in [2.24, 2.45) is 0 Å². The van der Waals surface area contributed by atoms with Crippen LogP contribution in [0.4, 0.5) is 5.95 Å². The first-order valence-corrected chi connectivity index (χ1v) is 9.77. The van der Waals surface area contributed by atoms with Gasteiger partial charge < -0.3 is 4.42 Å². The van der Waals surface area contributed by atoms with E-state index < -0.39 is 11.9 Å². The van der Waals surface area contributed by atoms with Crippen LogP contribution in [0.25, 0.3) is 11.0 Å². The molecule has 1 unspecified atom stereocenters. The lowest BCUT2D eigenvalue weighted by atomic mass is 9.97. The molecule has 0 N–H and O–H groups in total.